The van der Waals surface area contributed by atoms with Crippen LogP contribution in [0.2, 0.25) is 0 Å². The van der Waals surface area contributed by atoms with Gasteiger partial charge in [-0.15, -0.1) is 0 Å². The first-order valence-electron chi connectivity index (χ1n) is 8.88. The van der Waals surface area contributed by atoms with Crippen molar-refractivity contribution in [1.82, 2.24) is 9.47 Å². The molecule has 2 amide bonds. The standard InChI is InChI=1S/C21H24N2O2S/c1-6-22-20(24)19(26-21(22)25)12-17-11-14(4)23(15(17)5)18-9-7-16(8-10-18)13(2)3/h7-13H,6H2,1-5H3/b19-12+. The first kappa shape index (κ1) is 18.5. The van der Waals surface area contributed by atoms with Gasteiger partial charge in [-0.3, -0.25) is 14.5 Å². The maximum Gasteiger partial charge on any atom is 0.293 e. The predicted molar refractivity (Wildman–Crippen MR) is 108 cm³/mol. The van der Waals surface area contributed by atoms with Gasteiger partial charge in [0.25, 0.3) is 11.1 Å². The number of amides is 2. The summed E-state index contributed by atoms with van der Waals surface area (Å²) in [4.78, 5) is 26.0. The number of rotatable bonds is 4. The van der Waals surface area contributed by atoms with Gasteiger partial charge in [-0.05, 0) is 73.9 Å². The van der Waals surface area contributed by atoms with E-state index in [-0.39, 0.29) is 11.1 Å². The highest BCUT2D eigenvalue weighted by molar-refractivity contribution is 8.18. The Morgan fingerprint density at radius 2 is 1.77 bits per heavy atom. The van der Waals surface area contributed by atoms with E-state index in [1.165, 1.54) is 10.5 Å². The second-order valence-electron chi connectivity index (χ2n) is 6.83. The van der Waals surface area contributed by atoms with Crippen molar-refractivity contribution >= 4 is 29.0 Å². The van der Waals surface area contributed by atoms with Crippen molar-refractivity contribution in [3.63, 3.8) is 0 Å². The average molecular weight is 369 g/mol. The molecule has 26 heavy (non-hydrogen) atoms. The minimum absolute atomic E-state index is 0.193. The monoisotopic (exact) mass is 368 g/mol. The number of aromatic nitrogens is 1. The molecule has 4 nitrogen and oxygen atoms in total. The quantitative estimate of drug-likeness (QED) is 0.690. The van der Waals surface area contributed by atoms with E-state index in [1.807, 2.05) is 19.9 Å². The molecule has 0 unspecified atom stereocenters. The number of carbonyl (C=O) groups is 2. The maximum atomic E-state index is 12.3. The van der Waals surface area contributed by atoms with Gasteiger partial charge in [0.05, 0.1) is 4.91 Å². The Morgan fingerprint density at radius 1 is 1.12 bits per heavy atom. The summed E-state index contributed by atoms with van der Waals surface area (Å²) in [5.74, 6) is 0.300. The van der Waals surface area contributed by atoms with Gasteiger partial charge in [-0.25, -0.2) is 0 Å². The second kappa shape index (κ2) is 7.16. The van der Waals surface area contributed by atoms with Crippen LogP contribution in [0, 0.1) is 13.8 Å². The number of thioether (sulfide) groups is 1. The van der Waals surface area contributed by atoms with Gasteiger partial charge in [0.1, 0.15) is 0 Å². The first-order valence-corrected chi connectivity index (χ1v) is 9.69. The van der Waals surface area contributed by atoms with Crippen molar-refractivity contribution in [2.24, 2.45) is 0 Å². The molecule has 2 aromatic rings. The Morgan fingerprint density at radius 3 is 2.31 bits per heavy atom. The molecule has 0 spiro atoms. The summed E-state index contributed by atoms with van der Waals surface area (Å²) in [6.07, 6.45) is 1.84. The van der Waals surface area contributed by atoms with Gasteiger partial charge in [0.2, 0.25) is 0 Å². The smallest absolute Gasteiger partial charge is 0.293 e. The fourth-order valence-electron chi connectivity index (χ4n) is 3.25. The molecule has 0 saturated carbocycles. The van der Waals surface area contributed by atoms with Crippen LogP contribution in [0.25, 0.3) is 11.8 Å². The molecule has 1 aliphatic rings. The number of benzene rings is 1. The zero-order valence-electron chi connectivity index (χ0n) is 15.9. The third-order valence-corrected chi connectivity index (χ3v) is 5.67. The van der Waals surface area contributed by atoms with E-state index in [1.54, 1.807) is 0 Å². The van der Waals surface area contributed by atoms with E-state index in [0.29, 0.717) is 17.4 Å². The summed E-state index contributed by atoms with van der Waals surface area (Å²) in [6, 6.07) is 10.6. The van der Waals surface area contributed by atoms with Gasteiger partial charge in [0, 0.05) is 23.6 Å². The summed E-state index contributed by atoms with van der Waals surface area (Å²) >= 11 is 1.02. The van der Waals surface area contributed by atoms with Crippen LogP contribution in [0.4, 0.5) is 4.79 Å². The molecule has 0 atom stereocenters. The third-order valence-electron chi connectivity index (χ3n) is 4.76. The van der Waals surface area contributed by atoms with Crippen LogP contribution in [0.1, 0.15) is 49.2 Å². The Hall–Kier alpha value is -2.27. The lowest BCUT2D eigenvalue weighted by atomic mass is 10.0. The van der Waals surface area contributed by atoms with Crippen molar-refractivity contribution < 1.29 is 9.59 Å². The highest BCUT2D eigenvalue weighted by atomic mass is 32.2. The Bertz CT molecular complexity index is 891. The lowest BCUT2D eigenvalue weighted by molar-refractivity contribution is -0.122. The van der Waals surface area contributed by atoms with Crippen LogP contribution >= 0.6 is 11.8 Å². The van der Waals surface area contributed by atoms with Crippen molar-refractivity contribution in [2.45, 2.75) is 40.5 Å². The van der Waals surface area contributed by atoms with Crippen LogP contribution in [-0.4, -0.2) is 27.2 Å². The number of carbonyl (C=O) groups excluding carboxylic acids is 2. The van der Waals surface area contributed by atoms with Crippen LogP contribution < -0.4 is 0 Å². The van der Waals surface area contributed by atoms with Crippen molar-refractivity contribution in [2.75, 3.05) is 6.54 Å². The summed E-state index contributed by atoms with van der Waals surface area (Å²) in [5, 5.41) is -0.193. The Kier molecular flexibility index (Phi) is 5.10. The van der Waals surface area contributed by atoms with E-state index in [0.717, 1.165) is 34.4 Å². The number of nitrogens with zero attached hydrogens (tertiary/aromatic N) is 2. The van der Waals surface area contributed by atoms with E-state index >= 15 is 0 Å². The highest BCUT2D eigenvalue weighted by Crippen LogP contribution is 2.33. The molecule has 2 heterocycles. The fourth-order valence-corrected chi connectivity index (χ4v) is 4.15. The molecule has 0 N–H and O–H groups in total. The molecule has 0 aliphatic carbocycles. The molecular weight excluding hydrogens is 344 g/mol. The molecule has 0 radical (unpaired) electrons. The molecule has 1 aromatic heterocycles. The molecule has 0 bridgehead atoms. The van der Waals surface area contributed by atoms with Crippen LogP contribution in [0.3, 0.4) is 0 Å². The third kappa shape index (κ3) is 3.23. The molecule has 1 aromatic carbocycles. The second-order valence-corrected chi connectivity index (χ2v) is 7.83. The average Bonchev–Trinajstić information content (AvgIpc) is 3.03. The minimum atomic E-state index is -0.200. The molecule has 136 valence electrons. The summed E-state index contributed by atoms with van der Waals surface area (Å²) < 4.78 is 2.18. The molecule has 5 heteroatoms. The topological polar surface area (TPSA) is 42.3 Å². The number of likely N-dealkylation sites (N-methyl/N-ethyl adjacent to an activating group) is 1. The molecule has 3 rings (SSSR count). The Balaban J connectivity index is 1.98. The lowest BCUT2D eigenvalue weighted by Gasteiger charge is -2.12. The maximum absolute atomic E-state index is 12.3. The summed E-state index contributed by atoms with van der Waals surface area (Å²) in [5.41, 5.74) is 5.54. The molecule has 1 fully saturated rings. The number of hydrogen-bond donors (Lipinski definition) is 0. The SMILES string of the molecule is CCN1C(=O)S/C(=C/c2cc(C)n(-c3ccc(C(C)C)cc3)c2C)C1=O. The van der Waals surface area contributed by atoms with Crippen LogP contribution in [-0.2, 0) is 4.79 Å². The molecular formula is C21H24N2O2S. The zero-order valence-corrected chi connectivity index (χ0v) is 16.7. The largest absolute Gasteiger partial charge is 0.318 e. The van der Waals surface area contributed by atoms with E-state index in [2.05, 4.69) is 55.7 Å². The molecule has 1 aliphatic heterocycles. The van der Waals surface area contributed by atoms with Crippen LogP contribution in [0.5, 0.6) is 0 Å². The molecule has 1 saturated heterocycles. The van der Waals surface area contributed by atoms with Crippen molar-refractivity contribution in [3.05, 3.63) is 57.8 Å². The lowest BCUT2D eigenvalue weighted by Crippen LogP contribution is -2.27. The predicted octanol–water partition coefficient (Wildman–Crippen LogP) is 5.27. The highest BCUT2D eigenvalue weighted by Gasteiger charge is 2.33. The van der Waals surface area contributed by atoms with Gasteiger partial charge < -0.3 is 4.57 Å². The normalized spacial score (nSPS) is 16.4. The summed E-state index contributed by atoms with van der Waals surface area (Å²) in [6.45, 7) is 10.7. The van der Waals surface area contributed by atoms with Crippen molar-refractivity contribution in [3.8, 4) is 5.69 Å². The number of imide groups is 1. The van der Waals surface area contributed by atoms with Gasteiger partial charge in [0.15, 0.2) is 0 Å². The zero-order chi connectivity index (χ0) is 19.0. The van der Waals surface area contributed by atoms with Gasteiger partial charge >= 0.3 is 0 Å². The van der Waals surface area contributed by atoms with Gasteiger partial charge in [-0.2, -0.15) is 0 Å². The van der Waals surface area contributed by atoms with Crippen molar-refractivity contribution in [1.29, 1.82) is 0 Å². The van der Waals surface area contributed by atoms with E-state index < -0.39 is 0 Å². The van der Waals surface area contributed by atoms with E-state index in [9.17, 15) is 9.59 Å². The number of hydrogen-bond acceptors (Lipinski definition) is 3. The summed E-state index contributed by atoms with van der Waals surface area (Å²) in [7, 11) is 0. The minimum Gasteiger partial charge on any atom is -0.318 e. The number of aryl methyl sites for hydroxylation is 1. The van der Waals surface area contributed by atoms with Crippen LogP contribution in [0.15, 0.2) is 35.2 Å². The van der Waals surface area contributed by atoms with Gasteiger partial charge in [-0.1, -0.05) is 26.0 Å². The Labute approximate surface area is 158 Å². The first-order chi connectivity index (χ1) is 12.3. The fraction of sp³-hybridized carbons (Fsp3) is 0.333. The van der Waals surface area contributed by atoms with E-state index in [4.69, 9.17) is 0 Å².